The zero-order valence-electron chi connectivity index (χ0n) is 18.9. The van der Waals surface area contributed by atoms with Crippen molar-refractivity contribution in [2.75, 3.05) is 38.6 Å². The lowest BCUT2D eigenvalue weighted by molar-refractivity contribution is 0.333. The fraction of sp³-hybridized carbons (Fsp3) is 0.375. The van der Waals surface area contributed by atoms with Crippen molar-refractivity contribution in [3.8, 4) is 16.9 Å². The molecule has 3 aromatic rings. The quantitative estimate of drug-likeness (QED) is 0.293. The van der Waals surface area contributed by atoms with E-state index in [1.807, 2.05) is 6.92 Å². The van der Waals surface area contributed by atoms with Gasteiger partial charge in [-0.05, 0) is 58.0 Å². The Morgan fingerprint density at radius 2 is 2.15 bits per heavy atom. The minimum absolute atomic E-state index is 0.349. The number of aryl methyl sites for hydroxylation is 1. The Balaban J connectivity index is 1.50. The monoisotopic (exact) mass is 468 g/mol. The van der Waals surface area contributed by atoms with Crippen LogP contribution in [-0.2, 0) is 0 Å². The molecular formula is C24H29FN6OS. The number of benzene rings is 1. The lowest BCUT2D eigenvalue weighted by Gasteiger charge is -2.14. The van der Waals surface area contributed by atoms with Crippen LogP contribution >= 0.6 is 11.3 Å². The molecule has 0 aliphatic carbocycles. The van der Waals surface area contributed by atoms with Gasteiger partial charge in [-0.15, -0.1) is 11.3 Å². The van der Waals surface area contributed by atoms with Crippen LogP contribution in [0.1, 0.15) is 24.1 Å². The molecule has 1 fully saturated rings. The summed E-state index contributed by atoms with van der Waals surface area (Å²) in [4.78, 5) is 12.7. The van der Waals surface area contributed by atoms with Gasteiger partial charge in [0.05, 0.1) is 29.2 Å². The van der Waals surface area contributed by atoms with Crippen LogP contribution in [0.25, 0.3) is 21.3 Å². The average molecular weight is 469 g/mol. The predicted octanol–water partition coefficient (Wildman–Crippen LogP) is 4.79. The maximum absolute atomic E-state index is 13.7. The summed E-state index contributed by atoms with van der Waals surface area (Å²) in [6.45, 7) is 6.36. The molecule has 0 saturated carbocycles. The summed E-state index contributed by atoms with van der Waals surface area (Å²) in [5, 5.41) is 14.1. The zero-order chi connectivity index (χ0) is 23.2. The van der Waals surface area contributed by atoms with Gasteiger partial charge < -0.3 is 25.7 Å². The number of nitrogens with zero attached hydrogens (tertiary/aromatic N) is 3. The van der Waals surface area contributed by atoms with Crippen LogP contribution in [0.15, 0.2) is 36.3 Å². The molecular weight excluding hydrogens is 439 g/mol. The minimum Gasteiger partial charge on any atom is -0.496 e. The van der Waals surface area contributed by atoms with Crippen molar-refractivity contribution in [2.24, 2.45) is 0 Å². The summed E-state index contributed by atoms with van der Waals surface area (Å²) in [7, 11) is 1.53. The van der Waals surface area contributed by atoms with Gasteiger partial charge in [0.1, 0.15) is 11.6 Å². The first-order valence-electron chi connectivity index (χ1n) is 11.1. The lowest BCUT2D eigenvalue weighted by atomic mass is 10.0. The molecule has 0 bridgehead atoms. The first-order chi connectivity index (χ1) is 16.1. The summed E-state index contributed by atoms with van der Waals surface area (Å²) < 4.78 is 20.1. The van der Waals surface area contributed by atoms with Crippen LogP contribution in [0.4, 0.5) is 10.3 Å². The molecule has 4 rings (SSSR count). The Morgan fingerprint density at radius 1 is 1.33 bits per heavy atom. The maximum Gasteiger partial charge on any atom is 0.227 e. The van der Waals surface area contributed by atoms with Crippen LogP contribution in [0.5, 0.6) is 5.75 Å². The Kier molecular flexibility index (Phi) is 7.51. The largest absolute Gasteiger partial charge is 0.496 e. The number of nitrogens with one attached hydrogen (secondary N) is 3. The molecule has 2 aromatic heterocycles. The van der Waals surface area contributed by atoms with Gasteiger partial charge in [-0.25, -0.2) is 14.4 Å². The predicted molar refractivity (Wildman–Crippen MR) is 133 cm³/mol. The smallest absolute Gasteiger partial charge is 0.227 e. The van der Waals surface area contributed by atoms with Crippen molar-refractivity contribution in [2.45, 2.75) is 26.2 Å². The standard InChI is InChI=1S/C24H29FN6OS/c1-16-22(19-7-6-17(25)12-20(19)32-2)23-21(33-16)15-28-24(30-23)29-18(13-26)14-27-8-5-11-31-9-3-4-10-31/h6-7,12-15,26-27H,3-5,8-11H2,1-2H3,(H,28,29,30)/b18-14+,26-13?. The van der Waals surface area contributed by atoms with Crippen molar-refractivity contribution >= 4 is 33.7 Å². The van der Waals surface area contributed by atoms with Gasteiger partial charge in [0.25, 0.3) is 0 Å². The molecule has 9 heteroatoms. The molecule has 1 saturated heterocycles. The molecule has 0 amide bonds. The highest BCUT2D eigenvalue weighted by Gasteiger charge is 2.18. The van der Waals surface area contributed by atoms with Crippen LogP contribution in [0.2, 0.25) is 0 Å². The second kappa shape index (κ2) is 10.7. The summed E-state index contributed by atoms with van der Waals surface area (Å²) >= 11 is 1.58. The van der Waals surface area contributed by atoms with Crippen molar-refractivity contribution in [3.05, 3.63) is 47.0 Å². The molecule has 1 aromatic carbocycles. The van der Waals surface area contributed by atoms with Crippen molar-refractivity contribution in [1.82, 2.24) is 20.2 Å². The van der Waals surface area contributed by atoms with Crippen LogP contribution in [-0.4, -0.2) is 54.4 Å². The molecule has 0 unspecified atom stereocenters. The third-order valence-corrected chi connectivity index (χ3v) is 6.73. The van der Waals surface area contributed by atoms with Gasteiger partial charge in [-0.1, -0.05) is 0 Å². The van der Waals surface area contributed by atoms with Gasteiger partial charge in [-0.3, -0.25) is 0 Å². The number of hydrogen-bond acceptors (Lipinski definition) is 8. The van der Waals surface area contributed by atoms with Crippen LogP contribution < -0.4 is 15.4 Å². The van der Waals surface area contributed by atoms with Gasteiger partial charge in [0, 0.05) is 41.0 Å². The van der Waals surface area contributed by atoms with Crippen molar-refractivity contribution in [3.63, 3.8) is 0 Å². The van der Waals surface area contributed by atoms with E-state index in [1.54, 1.807) is 29.8 Å². The van der Waals surface area contributed by atoms with E-state index in [4.69, 9.17) is 15.1 Å². The maximum atomic E-state index is 13.7. The Hall–Kier alpha value is -3.04. The lowest BCUT2D eigenvalue weighted by Crippen LogP contribution is -2.23. The fourth-order valence-electron chi connectivity index (χ4n) is 4.09. The van der Waals surface area contributed by atoms with E-state index >= 15 is 0 Å². The number of methoxy groups -OCH3 is 1. The Bertz CT molecular complexity index is 1160. The SMILES string of the molecule is COc1cc(F)ccc1-c1c(C)sc2cnc(N/C(C=N)=C/NCCCN3CCCC3)nc12. The van der Waals surface area contributed by atoms with E-state index < -0.39 is 0 Å². The number of allylic oxidation sites excluding steroid dienone is 1. The highest BCUT2D eigenvalue weighted by atomic mass is 32.1. The van der Waals surface area contributed by atoms with Gasteiger partial charge in [-0.2, -0.15) is 0 Å². The Labute approximate surface area is 197 Å². The highest BCUT2D eigenvalue weighted by molar-refractivity contribution is 7.19. The number of thiophene rings is 1. The number of likely N-dealkylation sites (tertiary alicyclic amines) is 1. The Morgan fingerprint density at radius 3 is 2.91 bits per heavy atom. The highest BCUT2D eigenvalue weighted by Crippen LogP contribution is 2.41. The first-order valence-corrected chi connectivity index (χ1v) is 11.9. The number of ether oxygens (including phenoxy) is 1. The molecule has 3 N–H and O–H groups in total. The molecule has 7 nitrogen and oxygen atoms in total. The molecule has 0 atom stereocenters. The number of halogens is 1. The molecule has 0 spiro atoms. The average Bonchev–Trinajstić information content (AvgIpc) is 3.45. The fourth-order valence-corrected chi connectivity index (χ4v) is 5.08. The molecule has 3 heterocycles. The number of aromatic nitrogens is 2. The second-order valence-corrected chi connectivity index (χ2v) is 9.27. The van der Waals surface area contributed by atoms with E-state index in [-0.39, 0.29) is 5.82 Å². The number of hydrogen-bond donors (Lipinski definition) is 3. The third-order valence-electron chi connectivity index (χ3n) is 5.70. The number of anilines is 1. The molecule has 33 heavy (non-hydrogen) atoms. The van der Waals surface area contributed by atoms with E-state index in [1.165, 1.54) is 51.4 Å². The summed E-state index contributed by atoms with van der Waals surface area (Å²) in [6, 6.07) is 4.52. The van der Waals surface area contributed by atoms with Crippen LogP contribution in [0, 0.1) is 18.2 Å². The van der Waals surface area contributed by atoms with E-state index in [2.05, 4.69) is 20.5 Å². The summed E-state index contributed by atoms with van der Waals surface area (Å²) in [5.74, 6) is 0.513. The van der Waals surface area contributed by atoms with E-state index in [0.29, 0.717) is 17.4 Å². The molecule has 0 radical (unpaired) electrons. The zero-order valence-corrected chi connectivity index (χ0v) is 19.8. The number of rotatable bonds is 10. The summed E-state index contributed by atoms with van der Waals surface area (Å²) in [6.07, 6.45) is 8.46. The molecule has 174 valence electrons. The van der Waals surface area contributed by atoms with Gasteiger partial charge in [0.2, 0.25) is 5.95 Å². The van der Waals surface area contributed by atoms with Crippen molar-refractivity contribution < 1.29 is 9.13 Å². The van der Waals surface area contributed by atoms with Gasteiger partial charge >= 0.3 is 0 Å². The summed E-state index contributed by atoms with van der Waals surface area (Å²) in [5.41, 5.74) is 3.03. The van der Waals surface area contributed by atoms with E-state index in [0.717, 1.165) is 45.7 Å². The molecule has 1 aliphatic rings. The van der Waals surface area contributed by atoms with E-state index in [9.17, 15) is 4.39 Å². The normalized spacial score (nSPS) is 14.6. The molecule has 1 aliphatic heterocycles. The second-order valence-electron chi connectivity index (χ2n) is 8.01. The van der Waals surface area contributed by atoms with Gasteiger partial charge in [0.15, 0.2) is 0 Å². The third kappa shape index (κ3) is 5.48. The van der Waals surface area contributed by atoms with Crippen molar-refractivity contribution in [1.29, 1.82) is 5.41 Å². The minimum atomic E-state index is -0.349. The topological polar surface area (TPSA) is 86.2 Å². The first kappa shape index (κ1) is 23.1. The van der Waals surface area contributed by atoms with Crippen LogP contribution in [0.3, 0.4) is 0 Å². The number of fused-ring (bicyclic) bond motifs is 1.